The molecule has 0 fully saturated rings. The molecule has 1 aromatic carbocycles. The van der Waals surface area contributed by atoms with E-state index in [-0.39, 0.29) is 12.0 Å². The Hall–Kier alpha value is -1.37. The summed E-state index contributed by atoms with van der Waals surface area (Å²) in [6, 6.07) is 10.7. The molecule has 3 nitrogen and oxygen atoms in total. The molecule has 1 aliphatic carbocycles. The Morgan fingerprint density at radius 3 is 2.58 bits per heavy atom. The van der Waals surface area contributed by atoms with Gasteiger partial charge in [-0.3, -0.25) is 5.32 Å². The summed E-state index contributed by atoms with van der Waals surface area (Å²) in [4.78, 5) is 0. The lowest BCUT2D eigenvalue weighted by atomic mass is 9.66. The van der Waals surface area contributed by atoms with Crippen molar-refractivity contribution >= 4 is 0 Å². The van der Waals surface area contributed by atoms with Crippen LogP contribution in [0.3, 0.4) is 0 Å². The Morgan fingerprint density at radius 1 is 1.26 bits per heavy atom. The zero-order valence-electron chi connectivity index (χ0n) is 11.7. The lowest BCUT2D eigenvalue weighted by Crippen LogP contribution is -2.47. The highest BCUT2D eigenvalue weighted by Gasteiger charge is 2.42. The molecule has 19 heavy (non-hydrogen) atoms. The Morgan fingerprint density at radius 2 is 1.95 bits per heavy atom. The molecule has 0 aliphatic heterocycles. The van der Waals surface area contributed by atoms with Crippen molar-refractivity contribution in [2.75, 3.05) is 13.2 Å². The summed E-state index contributed by atoms with van der Waals surface area (Å²) >= 11 is 0. The van der Waals surface area contributed by atoms with Crippen LogP contribution in [-0.4, -0.2) is 18.3 Å². The van der Waals surface area contributed by atoms with Crippen LogP contribution in [0.4, 0.5) is 0 Å². The van der Waals surface area contributed by atoms with Crippen LogP contribution in [0.2, 0.25) is 0 Å². The van der Waals surface area contributed by atoms with Crippen molar-refractivity contribution in [3.05, 3.63) is 35.4 Å². The maximum atomic E-state index is 9.68. The van der Waals surface area contributed by atoms with Gasteiger partial charge >= 0.3 is 0 Å². The first-order valence-electron chi connectivity index (χ1n) is 6.93. The number of nitrogens with one attached hydrogen (secondary N) is 1. The Labute approximate surface area is 115 Å². The van der Waals surface area contributed by atoms with Gasteiger partial charge in [-0.15, -0.1) is 0 Å². The number of benzene rings is 1. The fourth-order valence-corrected chi connectivity index (χ4v) is 2.93. The van der Waals surface area contributed by atoms with Crippen LogP contribution in [-0.2, 0) is 11.0 Å². The molecule has 0 saturated carbocycles. The highest BCUT2D eigenvalue weighted by atomic mass is 16.3. The molecule has 0 radical (unpaired) electrons. The minimum atomic E-state index is -0.596. The van der Waals surface area contributed by atoms with Gasteiger partial charge in [-0.1, -0.05) is 38.1 Å². The van der Waals surface area contributed by atoms with Gasteiger partial charge in [-0.25, -0.2) is 0 Å². The molecule has 0 bridgehead atoms. The molecule has 0 aromatic heterocycles. The smallest absolute Gasteiger partial charge is 0.132 e. The lowest BCUT2D eigenvalue weighted by Gasteiger charge is -2.42. The second-order valence-electron chi connectivity index (χ2n) is 5.95. The Kier molecular flexibility index (Phi) is 3.93. The van der Waals surface area contributed by atoms with Crippen molar-refractivity contribution in [3.8, 4) is 6.07 Å². The average Bonchev–Trinajstić information content (AvgIpc) is 2.42. The molecule has 2 rings (SSSR count). The zero-order valence-corrected chi connectivity index (χ0v) is 11.7. The van der Waals surface area contributed by atoms with Crippen molar-refractivity contribution in [1.29, 1.82) is 5.26 Å². The summed E-state index contributed by atoms with van der Waals surface area (Å²) in [6.07, 6.45) is 2.48. The van der Waals surface area contributed by atoms with E-state index in [0.717, 1.165) is 18.4 Å². The molecule has 1 unspecified atom stereocenters. The summed E-state index contributed by atoms with van der Waals surface area (Å²) in [5.74, 6) is 0. The van der Waals surface area contributed by atoms with Crippen LogP contribution in [0.1, 0.15) is 44.2 Å². The van der Waals surface area contributed by atoms with Gasteiger partial charge in [0, 0.05) is 6.61 Å². The molecule has 2 N–H and O–H groups in total. The minimum absolute atomic E-state index is 0.121. The van der Waals surface area contributed by atoms with E-state index in [4.69, 9.17) is 5.11 Å². The van der Waals surface area contributed by atoms with Gasteiger partial charge in [0.05, 0.1) is 6.07 Å². The molecule has 0 amide bonds. The van der Waals surface area contributed by atoms with Crippen LogP contribution in [0.25, 0.3) is 0 Å². The number of nitrogens with zero attached hydrogens (tertiary/aromatic N) is 1. The largest absolute Gasteiger partial charge is 0.396 e. The van der Waals surface area contributed by atoms with Crippen LogP contribution in [0, 0.1) is 11.3 Å². The summed E-state index contributed by atoms with van der Waals surface area (Å²) in [7, 11) is 0. The molecule has 1 atom stereocenters. The summed E-state index contributed by atoms with van der Waals surface area (Å²) in [6.45, 7) is 5.29. The standard InChI is InChI=1S/C16H22N2O/c1-15(2)8-9-16(12-17,18-10-5-11-19)14-7-4-3-6-13(14)15/h3-4,6-7,18-19H,5,8-11H2,1-2H3. The molecule has 0 spiro atoms. The second kappa shape index (κ2) is 5.32. The average molecular weight is 258 g/mol. The van der Waals surface area contributed by atoms with Gasteiger partial charge in [0.2, 0.25) is 0 Å². The van der Waals surface area contributed by atoms with E-state index in [0.29, 0.717) is 13.0 Å². The van der Waals surface area contributed by atoms with Crippen molar-refractivity contribution in [2.24, 2.45) is 0 Å². The van der Waals surface area contributed by atoms with Crippen LogP contribution in [0.5, 0.6) is 0 Å². The van der Waals surface area contributed by atoms with Crippen molar-refractivity contribution in [1.82, 2.24) is 5.32 Å². The SMILES string of the molecule is CC1(C)CCC(C#N)(NCCCO)c2ccccc21. The molecule has 102 valence electrons. The molecule has 0 saturated heterocycles. The summed E-state index contributed by atoms with van der Waals surface area (Å²) in [5.41, 5.74) is 1.89. The fourth-order valence-electron chi connectivity index (χ4n) is 2.93. The van der Waals surface area contributed by atoms with Crippen molar-refractivity contribution < 1.29 is 5.11 Å². The van der Waals surface area contributed by atoms with E-state index in [1.54, 1.807) is 0 Å². The predicted molar refractivity (Wildman–Crippen MR) is 75.7 cm³/mol. The van der Waals surface area contributed by atoms with E-state index >= 15 is 0 Å². The summed E-state index contributed by atoms with van der Waals surface area (Å²) < 4.78 is 0. The van der Waals surface area contributed by atoms with Gasteiger partial charge in [-0.05, 0) is 42.3 Å². The Bertz CT molecular complexity index is 490. The van der Waals surface area contributed by atoms with Crippen molar-refractivity contribution in [3.63, 3.8) is 0 Å². The monoisotopic (exact) mass is 258 g/mol. The van der Waals surface area contributed by atoms with E-state index in [2.05, 4.69) is 37.4 Å². The fraction of sp³-hybridized carbons (Fsp3) is 0.562. The Balaban J connectivity index is 2.39. The number of aliphatic hydroxyl groups is 1. The lowest BCUT2D eigenvalue weighted by molar-refractivity contribution is 0.262. The number of hydrogen-bond donors (Lipinski definition) is 2. The molecular formula is C16H22N2O. The van der Waals surface area contributed by atoms with Gasteiger partial charge in [0.15, 0.2) is 0 Å². The number of aliphatic hydroxyl groups excluding tert-OH is 1. The van der Waals surface area contributed by atoms with E-state index < -0.39 is 5.54 Å². The third-order valence-electron chi connectivity index (χ3n) is 4.19. The molecule has 3 heteroatoms. The van der Waals surface area contributed by atoms with Gasteiger partial charge in [0.1, 0.15) is 5.54 Å². The molecule has 0 heterocycles. The van der Waals surface area contributed by atoms with E-state index in [1.165, 1.54) is 5.56 Å². The van der Waals surface area contributed by atoms with Crippen LogP contribution >= 0.6 is 0 Å². The minimum Gasteiger partial charge on any atom is -0.396 e. The summed E-state index contributed by atoms with van der Waals surface area (Å²) in [5, 5.41) is 21.9. The van der Waals surface area contributed by atoms with Crippen LogP contribution in [0.15, 0.2) is 24.3 Å². The van der Waals surface area contributed by atoms with Crippen LogP contribution < -0.4 is 5.32 Å². The molecule has 1 aromatic rings. The quantitative estimate of drug-likeness (QED) is 0.816. The van der Waals surface area contributed by atoms with E-state index in [9.17, 15) is 5.26 Å². The normalized spacial score (nSPS) is 24.5. The van der Waals surface area contributed by atoms with E-state index in [1.807, 2.05) is 12.1 Å². The van der Waals surface area contributed by atoms with Gasteiger partial charge in [0.25, 0.3) is 0 Å². The number of hydrogen-bond acceptors (Lipinski definition) is 3. The van der Waals surface area contributed by atoms with Crippen molar-refractivity contribution in [2.45, 2.75) is 44.1 Å². The third kappa shape index (κ3) is 2.51. The van der Waals surface area contributed by atoms with Gasteiger partial charge < -0.3 is 5.11 Å². The number of nitriles is 1. The maximum Gasteiger partial charge on any atom is 0.132 e. The first-order chi connectivity index (χ1) is 9.06. The highest BCUT2D eigenvalue weighted by Crippen LogP contribution is 2.44. The second-order valence-corrected chi connectivity index (χ2v) is 5.95. The topological polar surface area (TPSA) is 56.0 Å². The first kappa shape index (κ1) is 14.0. The molecular weight excluding hydrogens is 236 g/mol. The zero-order chi connectivity index (χ0) is 13.9. The molecule has 1 aliphatic rings. The maximum absolute atomic E-state index is 9.68. The number of fused-ring (bicyclic) bond motifs is 1. The third-order valence-corrected chi connectivity index (χ3v) is 4.19. The first-order valence-corrected chi connectivity index (χ1v) is 6.93. The van der Waals surface area contributed by atoms with Gasteiger partial charge in [-0.2, -0.15) is 5.26 Å². The predicted octanol–water partition coefficient (Wildman–Crippen LogP) is 2.45. The highest BCUT2D eigenvalue weighted by molar-refractivity contribution is 5.45. The number of rotatable bonds is 4.